The summed E-state index contributed by atoms with van der Waals surface area (Å²) in [6.45, 7) is 5.79. The van der Waals surface area contributed by atoms with E-state index in [1.807, 2.05) is 44.2 Å². The van der Waals surface area contributed by atoms with E-state index in [1.165, 1.54) is 24.1 Å². The molecule has 1 atom stereocenters. The molecule has 1 N–H and O–H groups in total. The van der Waals surface area contributed by atoms with Crippen LogP contribution in [0.5, 0.6) is 5.75 Å². The van der Waals surface area contributed by atoms with Crippen LogP contribution < -0.4 is 14.4 Å². The van der Waals surface area contributed by atoms with E-state index in [1.54, 1.807) is 43.3 Å². The molecule has 2 amide bonds. The van der Waals surface area contributed by atoms with Gasteiger partial charge in [0.2, 0.25) is 11.8 Å². The van der Waals surface area contributed by atoms with Crippen LogP contribution in [0.15, 0.2) is 83.8 Å². The lowest BCUT2D eigenvalue weighted by Crippen LogP contribution is -2.51. The lowest BCUT2D eigenvalue weighted by Gasteiger charge is -2.32. The molecule has 0 saturated carbocycles. The number of hydrogen-bond donors (Lipinski definition) is 1. The summed E-state index contributed by atoms with van der Waals surface area (Å²) in [5.74, 6) is -0.258. The van der Waals surface area contributed by atoms with Crippen LogP contribution in [0.3, 0.4) is 0 Å². The number of ether oxygens (including phenoxy) is 1. The summed E-state index contributed by atoms with van der Waals surface area (Å²) >= 11 is 0. The molecule has 3 rings (SSSR count). The average Bonchev–Trinajstić information content (AvgIpc) is 2.95. The standard InChI is InChI=1S/C30H37N3O5S/c1-5-6-20-31-30(35)24(3)32(21-25-10-8-7-9-11-25)29(34)22-33(26-14-12-23(2)13-15-26)39(36,37)28-18-16-27(38-4)17-19-28/h7-19,24H,5-6,20-22H2,1-4H3,(H,31,35)/t24-/m0/s1. The Balaban J connectivity index is 1.98. The van der Waals surface area contributed by atoms with Crippen molar-refractivity contribution in [2.24, 2.45) is 0 Å². The summed E-state index contributed by atoms with van der Waals surface area (Å²) in [7, 11) is -2.63. The Hall–Kier alpha value is -3.85. The molecule has 0 aliphatic heterocycles. The van der Waals surface area contributed by atoms with Crippen molar-refractivity contribution in [3.63, 3.8) is 0 Å². The molecule has 8 nitrogen and oxygen atoms in total. The van der Waals surface area contributed by atoms with Crippen molar-refractivity contribution >= 4 is 27.5 Å². The Kier molecular flexibility index (Phi) is 10.5. The highest BCUT2D eigenvalue weighted by Crippen LogP contribution is 2.26. The van der Waals surface area contributed by atoms with Crippen LogP contribution in [0, 0.1) is 6.92 Å². The van der Waals surface area contributed by atoms with Gasteiger partial charge in [-0.1, -0.05) is 61.4 Å². The highest BCUT2D eigenvalue weighted by Gasteiger charge is 2.32. The van der Waals surface area contributed by atoms with E-state index in [-0.39, 0.29) is 17.3 Å². The second kappa shape index (κ2) is 13.8. The molecule has 3 aromatic rings. The van der Waals surface area contributed by atoms with Gasteiger partial charge < -0.3 is 15.0 Å². The third-order valence-electron chi connectivity index (χ3n) is 6.44. The smallest absolute Gasteiger partial charge is 0.264 e. The SMILES string of the molecule is CCCCNC(=O)[C@H](C)N(Cc1ccccc1)C(=O)CN(c1ccc(C)cc1)S(=O)(=O)c1ccc(OC)cc1. The fourth-order valence-corrected chi connectivity index (χ4v) is 5.43. The van der Waals surface area contributed by atoms with Crippen molar-refractivity contribution in [3.8, 4) is 5.75 Å². The number of nitrogens with zero attached hydrogens (tertiary/aromatic N) is 2. The Morgan fingerprint density at radius 3 is 2.18 bits per heavy atom. The van der Waals surface area contributed by atoms with Crippen LogP contribution in [0.2, 0.25) is 0 Å². The molecular weight excluding hydrogens is 514 g/mol. The molecule has 0 unspecified atom stereocenters. The zero-order valence-electron chi connectivity index (χ0n) is 23.0. The van der Waals surface area contributed by atoms with E-state index < -0.39 is 28.5 Å². The summed E-state index contributed by atoms with van der Waals surface area (Å²) < 4.78 is 34.0. The van der Waals surface area contributed by atoms with Gasteiger partial charge in [-0.05, 0) is 62.2 Å². The maximum Gasteiger partial charge on any atom is 0.264 e. The summed E-state index contributed by atoms with van der Waals surface area (Å²) in [6.07, 6.45) is 1.75. The summed E-state index contributed by atoms with van der Waals surface area (Å²) in [4.78, 5) is 28.3. The Bertz CT molecular complexity index is 1330. The number of aryl methyl sites for hydroxylation is 1. The van der Waals surface area contributed by atoms with E-state index in [0.29, 0.717) is 18.0 Å². The lowest BCUT2D eigenvalue weighted by molar-refractivity contribution is -0.139. The second-order valence-corrected chi connectivity index (χ2v) is 11.2. The third-order valence-corrected chi connectivity index (χ3v) is 8.23. The zero-order valence-corrected chi connectivity index (χ0v) is 23.8. The average molecular weight is 552 g/mol. The van der Waals surface area contributed by atoms with E-state index in [4.69, 9.17) is 4.74 Å². The highest BCUT2D eigenvalue weighted by atomic mass is 32.2. The topological polar surface area (TPSA) is 96.0 Å². The van der Waals surface area contributed by atoms with E-state index >= 15 is 0 Å². The van der Waals surface area contributed by atoms with Crippen LogP contribution in [-0.2, 0) is 26.2 Å². The van der Waals surface area contributed by atoms with Gasteiger partial charge in [-0.3, -0.25) is 13.9 Å². The fourth-order valence-electron chi connectivity index (χ4n) is 4.01. The van der Waals surface area contributed by atoms with Crippen molar-refractivity contribution in [3.05, 3.63) is 90.0 Å². The molecule has 9 heteroatoms. The number of benzene rings is 3. The molecule has 0 spiro atoms. The van der Waals surface area contributed by atoms with Crippen molar-refractivity contribution in [1.82, 2.24) is 10.2 Å². The number of methoxy groups -OCH3 is 1. The number of carbonyl (C=O) groups is 2. The predicted molar refractivity (Wildman–Crippen MR) is 153 cm³/mol. The minimum atomic E-state index is -4.13. The third kappa shape index (κ3) is 7.83. The maximum absolute atomic E-state index is 13.9. The zero-order chi connectivity index (χ0) is 28.4. The molecule has 0 aliphatic carbocycles. The number of carbonyl (C=O) groups excluding carboxylic acids is 2. The van der Waals surface area contributed by atoms with Crippen molar-refractivity contribution in [2.75, 3.05) is 24.5 Å². The molecule has 0 saturated heterocycles. The molecule has 39 heavy (non-hydrogen) atoms. The van der Waals surface area contributed by atoms with Crippen molar-refractivity contribution < 1.29 is 22.7 Å². The van der Waals surface area contributed by atoms with E-state index in [9.17, 15) is 18.0 Å². The van der Waals surface area contributed by atoms with Crippen LogP contribution in [0.1, 0.15) is 37.8 Å². The van der Waals surface area contributed by atoms with Gasteiger partial charge >= 0.3 is 0 Å². The second-order valence-electron chi connectivity index (χ2n) is 9.35. The first-order valence-corrected chi connectivity index (χ1v) is 14.5. The molecular formula is C30H37N3O5S. The first-order valence-electron chi connectivity index (χ1n) is 13.0. The van der Waals surface area contributed by atoms with Gasteiger partial charge in [0, 0.05) is 13.1 Å². The maximum atomic E-state index is 13.9. The Morgan fingerprint density at radius 2 is 1.59 bits per heavy atom. The molecule has 3 aromatic carbocycles. The highest BCUT2D eigenvalue weighted by molar-refractivity contribution is 7.92. The van der Waals surface area contributed by atoms with Gasteiger partial charge in [0.25, 0.3) is 10.0 Å². The van der Waals surface area contributed by atoms with Crippen molar-refractivity contribution in [1.29, 1.82) is 0 Å². The Labute approximate surface area is 231 Å². The monoisotopic (exact) mass is 551 g/mol. The normalized spacial score (nSPS) is 11.9. The molecule has 0 aliphatic rings. The quantitative estimate of drug-likeness (QED) is 0.315. The first-order chi connectivity index (χ1) is 18.7. The number of unbranched alkanes of at least 4 members (excludes halogenated alkanes) is 1. The summed E-state index contributed by atoms with van der Waals surface area (Å²) in [5.41, 5.74) is 2.14. The van der Waals surface area contributed by atoms with Crippen LogP contribution in [0.4, 0.5) is 5.69 Å². The van der Waals surface area contributed by atoms with Gasteiger partial charge in [-0.15, -0.1) is 0 Å². The molecule has 0 fully saturated rings. The van der Waals surface area contributed by atoms with Crippen LogP contribution >= 0.6 is 0 Å². The molecule has 0 heterocycles. The number of sulfonamides is 1. The van der Waals surface area contributed by atoms with Crippen molar-refractivity contribution in [2.45, 2.75) is 51.1 Å². The van der Waals surface area contributed by atoms with Gasteiger partial charge in [-0.25, -0.2) is 8.42 Å². The molecule has 208 valence electrons. The number of hydrogen-bond acceptors (Lipinski definition) is 5. The lowest BCUT2D eigenvalue weighted by atomic mass is 10.1. The number of rotatable bonds is 13. The first kappa shape index (κ1) is 29.7. The summed E-state index contributed by atoms with van der Waals surface area (Å²) in [6, 6.07) is 21.5. The number of amides is 2. The molecule has 0 bridgehead atoms. The minimum absolute atomic E-state index is 0.0247. The summed E-state index contributed by atoms with van der Waals surface area (Å²) in [5, 5.41) is 2.89. The molecule has 0 radical (unpaired) electrons. The van der Waals surface area contributed by atoms with E-state index in [0.717, 1.165) is 28.3 Å². The van der Waals surface area contributed by atoms with Crippen LogP contribution in [0.25, 0.3) is 0 Å². The Morgan fingerprint density at radius 1 is 0.949 bits per heavy atom. The van der Waals surface area contributed by atoms with Gasteiger partial charge in [0.05, 0.1) is 17.7 Å². The molecule has 0 aromatic heterocycles. The fraction of sp³-hybridized carbons (Fsp3) is 0.333. The number of anilines is 1. The predicted octanol–water partition coefficient (Wildman–Crippen LogP) is 4.53. The van der Waals surface area contributed by atoms with Gasteiger partial charge in [0.1, 0.15) is 18.3 Å². The van der Waals surface area contributed by atoms with Gasteiger partial charge in [0.15, 0.2) is 0 Å². The largest absolute Gasteiger partial charge is 0.497 e. The van der Waals surface area contributed by atoms with Gasteiger partial charge in [-0.2, -0.15) is 0 Å². The van der Waals surface area contributed by atoms with E-state index in [2.05, 4.69) is 5.32 Å². The minimum Gasteiger partial charge on any atom is -0.497 e. The number of nitrogens with one attached hydrogen (secondary N) is 1. The van der Waals surface area contributed by atoms with Crippen LogP contribution in [-0.4, -0.2) is 51.4 Å².